The van der Waals surface area contributed by atoms with Crippen molar-refractivity contribution in [2.45, 2.75) is 44.9 Å². The van der Waals surface area contributed by atoms with Crippen molar-refractivity contribution in [1.29, 1.82) is 0 Å². The molecule has 154 valence electrons. The van der Waals surface area contributed by atoms with E-state index in [2.05, 4.69) is 31.0 Å². The first kappa shape index (κ1) is 19.7. The van der Waals surface area contributed by atoms with Gasteiger partial charge in [-0.3, -0.25) is 0 Å². The lowest BCUT2D eigenvalue weighted by Gasteiger charge is -2.41. The van der Waals surface area contributed by atoms with Crippen molar-refractivity contribution in [2.75, 3.05) is 19.7 Å². The number of hydrogen-bond acceptors (Lipinski definition) is 4. The Kier molecular flexibility index (Phi) is 5.00. The molecule has 2 atom stereocenters. The lowest BCUT2D eigenvalue weighted by molar-refractivity contribution is 0.148. The maximum absolute atomic E-state index is 14.3. The van der Waals surface area contributed by atoms with Crippen LogP contribution in [-0.4, -0.2) is 40.9 Å². The second kappa shape index (κ2) is 7.35. The Morgan fingerprint density at radius 3 is 2.62 bits per heavy atom. The van der Waals surface area contributed by atoms with Gasteiger partial charge in [0.15, 0.2) is 0 Å². The van der Waals surface area contributed by atoms with Gasteiger partial charge in [0.2, 0.25) is 0 Å². The van der Waals surface area contributed by atoms with Crippen LogP contribution in [0.2, 0.25) is 0 Å². The lowest BCUT2D eigenvalue weighted by Crippen LogP contribution is -2.43. The Morgan fingerprint density at radius 1 is 1.28 bits per heavy atom. The number of rotatable bonds is 4. The number of fused-ring (bicyclic) bond motifs is 1. The van der Waals surface area contributed by atoms with Crippen LogP contribution in [0.3, 0.4) is 0 Å². The van der Waals surface area contributed by atoms with Gasteiger partial charge in [-0.05, 0) is 48.4 Å². The van der Waals surface area contributed by atoms with Crippen LogP contribution < -0.4 is 0 Å². The molecule has 4 rings (SSSR count). The average molecular weight is 401 g/mol. The molecule has 2 aromatic rings. The zero-order chi connectivity index (χ0) is 20.8. The first-order valence-electron chi connectivity index (χ1n) is 10.0. The SMILES string of the molecule is CC(C)[C@H]1CC[C@](C)(CN2CCOC2=O)c2nnc(-c3c(F)cccc3F)cc21. The molecular weight excluding hydrogens is 376 g/mol. The van der Waals surface area contributed by atoms with Crippen LogP contribution in [0.4, 0.5) is 13.6 Å². The number of benzene rings is 1. The van der Waals surface area contributed by atoms with E-state index in [-0.39, 0.29) is 28.7 Å². The van der Waals surface area contributed by atoms with E-state index in [1.807, 2.05) is 0 Å². The highest BCUT2D eigenvalue weighted by atomic mass is 19.1. The van der Waals surface area contributed by atoms with Crippen LogP contribution in [0, 0.1) is 17.6 Å². The van der Waals surface area contributed by atoms with E-state index in [1.54, 1.807) is 11.0 Å². The number of ether oxygens (including phenoxy) is 1. The van der Waals surface area contributed by atoms with Gasteiger partial charge in [-0.2, -0.15) is 10.2 Å². The fraction of sp³-hybridized carbons (Fsp3) is 0.500. The molecule has 2 aliphatic rings. The van der Waals surface area contributed by atoms with Crippen molar-refractivity contribution in [2.24, 2.45) is 5.92 Å². The summed E-state index contributed by atoms with van der Waals surface area (Å²) in [7, 11) is 0. The highest BCUT2D eigenvalue weighted by Crippen LogP contribution is 2.46. The Balaban J connectivity index is 1.79. The molecule has 1 fully saturated rings. The number of aromatic nitrogens is 2. The summed E-state index contributed by atoms with van der Waals surface area (Å²) in [6, 6.07) is 5.57. The van der Waals surface area contributed by atoms with E-state index < -0.39 is 11.6 Å². The van der Waals surface area contributed by atoms with Gasteiger partial charge in [0.25, 0.3) is 0 Å². The third-order valence-corrected chi connectivity index (χ3v) is 6.21. The standard InChI is InChI=1S/C22H25F2N3O2/c1-13(2)14-7-8-22(3,12-27-9-10-29-21(27)28)20-15(14)11-18(25-26-20)19-16(23)5-4-6-17(19)24/h4-6,11,13-14H,7-10,12H2,1-3H3/t14-,22-/m1/s1. The minimum Gasteiger partial charge on any atom is -0.448 e. The zero-order valence-electron chi connectivity index (χ0n) is 16.9. The average Bonchev–Trinajstić information content (AvgIpc) is 3.06. The minimum absolute atomic E-state index is 0.152. The molecule has 1 aromatic heterocycles. The number of hydrogen-bond donors (Lipinski definition) is 0. The topological polar surface area (TPSA) is 55.3 Å². The zero-order valence-corrected chi connectivity index (χ0v) is 16.9. The number of cyclic esters (lactones) is 1. The van der Waals surface area contributed by atoms with Crippen molar-refractivity contribution < 1.29 is 18.3 Å². The molecule has 2 heterocycles. The summed E-state index contributed by atoms with van der Waals surface area (Å²) < 4.78 is 33.7. The Hall–Kier alpha value is -2.57. The molecule has 5 nitrogen and oxygen atoms in total. The fourth-order valence-electron chi connectivity index (χ4n) is 4.61. The summed E-state index contributed by atoms with van der Waals surface area (Å²) in [4.78, 5) is 13.7. The largest absolute Gasteiger partial charge is 0.448 e. The molecule has 0 N–H and O–H groups in total. The number of carbonyl (C=O) groups is 1. The molecule has 0 radical (unpaired) electrons. The van der Waals surface area contributed by atoms with Crippen molar-refractivity contribution >= 4 is 6.09 Å². The third kappa shape index (κ3) is 3.47. The Bertz CT molecular complexity index is 929. The van der Waals surface area contributed by atoms with Crippen LogP contribution in [0.1, 0.15) is 50.8 Å². The van der Waals surface area contributed by atoms with Crippen LogP contribution in [0.5, 0.6) is 0 Å². The normalized spacial score (nSPS) is 24.0. The monoisotopic (exact) mass is 401 g/mol. The van der Waals surface area contributed by atoms with Gasteiger partial charge in [-0.25, -0.2) is 13.6 Å². The highest BCUT2D eigenvalue weighted by Gasteiger charge is 2.42. The van der Waals surface area contributed by atoms with Gasteiger partial charge in [-0.15, -0.1) is 0 Å². The van der Waals surface area contributed by atoms with Crippen LogP contribution in [0.25, 0.3) is 11.3 Å². The predicted molar refractivity (Wildman–Crippen MR) is 104 cm³/mol. The van der Waals surface area contributed by atoms with Crippen molar-refractivity contribution in [1.82, 2.24) is 15.1 Å². The smallest absolute Gasteiger partial charge is 0.409 e. The summed E-state index contributed by atoms with van der Waals surface area (Å²) in [5.41, 5.74) is 1.44. The van der Waals surface area contributed by atoms with Crippen molar-refractivity contribution in [3.05, 3.63) is 47.2 Å². The van der Waals surface area contributed by atoms with Gasteiger partial charge in [0.05, 0.1) is 23.5 Å². The highest BCUT2D eigenvalue weighted by molar-refractivity contribution is 5.69. The minimum atomic E-state index is -0.654. The van der Waals surface area contributed by atoms with Crippen molar-refractivity contribution in [3.8, 4) is 11.3 Å². The molecule has 1 aliphatic heterocycles. The van der Waals surface area contributed by atoms with Crippen LogP contribution in [-0.2, 0) is 10.2 Å². The van der Waals surface area contributed by atoms with E-state index in [4.69, 9.17) is 4.74 Å². The van der Waals surface area contributed by atoms with Crippen LogP contribution in [0.15, 0.2) is 24.3 Å². The molecule has 1 amide bonds. The molecule has 0 spiro atoms. The van der Waals surface area contributed by atoms with E-state index >= 15 is 0 Å². The number of amides is 1. The Labute approximate surface area is 169 Å². The molecule has 0 saturated carbocycles. The summed E-state index contributed by atoms with van der Waals surface area (Å²) in [6.07, 6.45) is 1.46. The molecule has 7 heteroatoms. The second-order valence-electron chi connectivity index (χ2n) is 8.62. The Morgan fingerprint density at radius 2 is 2.00 bits per heavy atom. The molecule has 0 unspecified atom stereocenters. The number of carbonyl (C=O) groups excluding carboxylic acids is 1. The molecule has 1 aliphatic carbocycles. The first-order chi connectivity index (χ1) is 13.8. The van der Waals surface area contributed by atoms with Gasteiger partial charge < -0.3 is 9.64 Å². The molecule has 29 heavy (non-hydrogen) atoms. The summed E-state index contributed by atoms with van der Waals surface area (Å²) >= 11 is 0. The maximum Gasteiger partial charge on any atom is 0.409 e. The molecular formula is C22H25F2N3O2. The van der Waals surface area contributed by atoms with E-state index in [0.29, 0.717) is 25.6 Å². The molecule has 0 bridgehead atoms. The number of halogens is 2. The van der Waals surface area contributed by atoms with Crippen molar-refractivity contribution in [3.63, 3.8) is 0 Å². The molecule has 1 aromatic carbocycles. The van der Waals surface area contributed by atoms with Gasteiger partial charge in [-0.1, -0.05) is 26.8 Å². The van der Waals surface area contributed by atoms with Gasteiger partial charge >= 0.3 is 6.09 Å². The van der Waals surface area contributed by atoms with Crippen LogP contribution >= 0.6 is 0 Å². The predicted octanol–water partition coefficient (Wildman–Crippen LogP) is 4.67. The quantitative estimate of drug-likeness (QED) is 0.747. The van der Waals surface area contributed by atoms with E-state index in [9.17, 15) is 13.6 Å². The summed E-state index contributed by atoms with van der Waals surface area (Å²) in [5, 5.41) is 8.67. The van der Waals surface area contributed by atoms with E-state index in [1.165, 1.54) is 18.2 Å². The second-order valence-corrected chi connectivity index (χ2v) is 8.62. The fourth-order valence-corrected chi connectivity index (χ4v) is 4.61. The molecule has 1 saturated heterocycles. The summed E-state index contributed by atoms with van der Waals surface area (Å²) in [5.74, 6) is -0.747. The lowest BCUT2D eigenvalue weighted by atomic mass is 9.67. The van der Waals surface area contributed by atoms with E-state index in [0.717, 1.165) is 24.1 Å². The first-order valence-corrected chi connectivity index (χ1v) is 10.0. The van der Waals surface area contributed by atoms with Gasteiger partial charge in [0.1, 0.15) is 18.2 Å². The maximum atomic E-state index is 14.3. The number of nitrogens with zero attached hydrogens (tertiary/aromatic N) is 3. The van der Waals surface area contributed by atoms with Gasteiger partial charge in [0, 0.05) is 12.0 Å². The summed E-state index contributed by atoms with van der Waals surface area (Å²) in [6.45, 7) is 7.80. The third-order valence-electron chi connectivity index (χ3n) is 6.21.